The number of carbonyl (C=O) groups is 1. The minimum atomic E-state index is -0.339. The molecule has 0 fully saturated rings. The molecule has 0 atom stereocenters. The number of benzene rings is 1. The van der Waals surface area contributed by atoms with Gasteiger partial charge in [-0.15, -0.1) is 0 Å². The van der Waals surface area contributed by atoms with Crippen molar-refractivity contribution in [3.8, 4) is 5.75 Å². The molecule has 0 N–H and O–H groups in total. The fourth-order valence-corrected chi connectivity index (χ4v) is 2.74. The van der Waals surface area contributed by atoms with E-state index in [0.717, 1.165) is 36.1 Å². The van der Waals surface area contributed by atoms with Crippen LogP contribution in [-0.2, 0) is 4.74 Å². The molecule has 0 aliphatic carbocycles. The number of aromatic nitrogens is 1. The zero-order valence-electron chi connectivity index (χ0n) is 14.3. The van der Waals surface area contributed by atoms with E-state index < -0.39 is 0 Å². The van der Waals surface area contributed by atoms with Gasteiger partial charge in [0.25, 0.3) is 0 Å². The predicted octanol–water partition coefficient (Wildman–Crippen LogP) is 3.66. The van der Waals surface area contributed by atoms with Gasteiger partial charge in [-0.05, 0) is 26.3 Å². The first-order chi connectivity index (χ1) is 11.2. The molecular formula is C18H24N2O3. The Balaban J connectivity index is 2.73. The van der Waals surface area contributed by atoms with E-state index in [9.17, 15) is 4.79 Å². The van der Waals surface area contributed by atoms with Crippen molar-refractivity contribution in [1.29, 1.82) is 0 Å². The van der Waals surface area contributed by atoms with Crippen molar-refractivity contribution < 1.29 is 14.3 Å². The van der Waals surface area contributed by atoms with E-state index in [2.05, 4.69) is 23.7 Å². The average molecular weight is 316 g/mol. The van der Waals surface area contributed by atoms with Gasteiger partial charge in [-0.25, -0.2) is 4.79 Å². The number of pyridine rings is 1. The van der Waals surface area contributed by atoms with Crippen molar-refractivity contribution in [2.24, 2.45) is 0 Å². The summed E-state index contributed by atoms with van der Waals surface area (Å²) in [5.41, 5.74) is 2.13. The third-order valence-corrected chi connectivity index (χ3v) is 3.74. The predicted molar refractivity (Wildman–Crippen MR) is 92.4 cm³/mol. The third kappa shape index (κ3) is 3.38. The van der Waals surface area contributed by atoms with Crippen LogP contribution in [0.25, 0.3) is 10.9 Å². The molecular weight excluding hydrogens is 292 g/mol. The zero-order chi connectivity index (χ0) is 16.8. The molecule has 2 rings (SSSR count). The number of methoxy groups -OCH3 is 1. The Hall–Kier alpha value is -2.30. The second-order valence-corrected chi connectivity index (χ2v) is 5.18. The molecule has 1 aromatic carbocycles. The maximum atomic E-state index is 12.4. The van der Waals surface area contributed by atoms with Crippen LogP contribution in [0.1, 0.15) is 37.6 Å². The standard InChI is InChI=1S/C18H24N2O3/c1-5-11-20(6-2)17-13-9-8-10-15(22-4)16(13)19-12-14(17)18(21)23-7-3/h8-10,12H,5-7,11H2,1-4H3. The van der Waals surface area contributed by atoms with E-state index in [-0.39, 0.29) is 5.97 Å². The molecule has 1 heterocycles. The van der Waals surface area contributed by atoms with Crippen molar-refractivity contribution >= 4 is 22.6 Å². The molecule has 0 saturated carbocycles. The van der Waals surface area contributed by atoms with Gasteiger partial charge in [-0.2, -0.15) is 0 Å². The summed E-state index contributed by atoms with van der Waals surface area (Å²) < 4.78 is 10.6. The summed E-state index contributed by atoms with van der Waals surface area (Å²) in [5, 5.41) is 0.908. The molecule has 0 spiro atoms. The molecule has 2 aromatic rings. The Kier molecular flexibility index (Phi) is 5.79. The Morgan fingerprint density at radius 2 is 2.04 bits per heavy atom. The van der Waals surface area contributed by atoms with E-state index in [1.807, 2.05) is 18.2 Å². The number of hydrogen-bond donors (Lipinski definition) is 0. The normalized spacial score (nSPS) is 10.6. The lowest BCUT2D eigenvalue weighted by molar-refractivity contribution is 0.0527. The van der Waals surface area contributed by atoms with Gasteiger partial charge in [0.05, 0.1) is 19.4 Å². The number of carbonyl (C=O) groups excluding carboxylic acids is 1. The summed E-state index contributed by atoms with van der Waals surface area (Å²) in [6.45, 7) is 8.01. The molecule has 0 amide bonds. The van der Waals surface area contributed by atoms with Gasteiger partial charge in [0.1, 0.15) is 16.8 Å². The maximum absolute atomic E-state index is 12.4. The van der Waals surface area contributed by atoms with Crippen LogP contribution in [-0.4, -0.2) is 37.8 Å². The Morgan fingerprint density at radius 1 is 1.26 bits per heavy atom. The quantitative estimate of drug-likeness (QED) is 0.730. The SMILES string of the molecule is CCCN(CC)c1c(C(=O)OCC)cnc2c(OC)cccc12. The molecule has 5 heteroatoms. The highest BCUT2D eigenvalue weighted by Gasteiger charge is 2.21. The molecule has 0 radical (unpaired) electrons. The van der Waals surface area contributed by atoms with Gasteiger partial charge in [-0.3, -0.25) is 4.98 Å². The fraction of sp³-hybridized carbons (Fsp3) is 0.444. The number of esters is 1. The minimum absolute atomic E-state index is 0.339. The lowest BCUT2D eigenvalue weighted by Crippen LogP contribution is -2.26. The van der Waals surface area contributed by atoms with Gasteiger partial charge in [-0.1, -0.05) is 19.1 Å². The van der Waals surface area contributed by atoms with Crippen LogP contribution in [0.15, 0.2) is 24.4 Å². The zero-order valence-corrected chi connectivity index (χ0v) is 14.3. The van der Waals surface area contributed by atoms with E-state index in [1.54, 1.807) is 20.2 Å². The number of ether oxygens (including phenoxy) is 2. The van der Waals surface area contributed by atoms with Crippen LogP contribution < -0.4 is 9.64 Å². The van der Waals surface area contributed by atoms with Crippen molar-refractivity contribution in [2.75, 3.05) is 31.7 Å². The van der Waals surface area contributed by atoms with Crippen molar-refractivity contribution in [1.82, 2.24) is 4.98 Å². The highest BCUT2D eigenvalue weighted by molar-refractivity contribution is 6.06. The number of fused-ring (bicyclic) bond motifs is 1. The van der Waals surface area contributed by atoms with E-state index in [0.29, 0.717) is 17.9 Å². The van der Waals surface area contributed by atoms with Crippen molar-refractivity contribution in [3.05, 3.63) is 30.0 Å². The molecule has 0 aliphatic heterocycles. The largest absolute Gasteiger partial charge is 0.494 e. The summed E-state index contributed by atoms with van der Waals surface area (Å²) >= 11 is 0. The molecule has 0 aliphatic rings. The first-order valence-electron chi connectivity index (χ1n) is 8.05. The first kappa shape index (κ1) is 17.1. The molecule has 0 bridgehead atoms. The van der Waals surface area contributed by atoms with E-state index in [1.165, 1.54) is 0 Å². The van der Waals surface area contributed by atoms with Gasteiger partial charge >= 0.3 is 5.97 Å². The molecule has 1 aromatic heterocycles. The Labute approximate surface area is 137 Å². The Bertz CT molecular complexity index is 685. The minimum Gasteiger partial charge on any atom is -0.494 e. The van der Waals surface area contributed by atoms with Crippen molar-refractivity contribution in [3.63, 3.8) is 0 Å². The fourth-order valence-electron chi connectivity index (χ4n) is 2.74. The monoisotopic (exact) mass is 316 g/mol. The summed E-state index contributed by atoms with van der Waals surface area (Å²) in [6.07, 6.45) is 2.58. The smallest absolute Gasteiger partial charge is 0.341 e. The highest BCUT2D eigenvalue weighted by atomic mass is 16.5. The molecule has 5 nitrogen and oxygen atoms in total. The lowest BCUT2D eigenvalue weighted by Gasteiger charge is -2.26. The van der Waals surface area contributed by atoms with Gasteiger partial charge in [0.2, 0.25) is 0 Å². The summed E-state index contributed by atoms with van der Waals surface area (Å²) in [6, 6.07) is 5.77. The van der Waals surface area contributed by atoms with Gasteiger partial charge in [0, 0.05) is 24.7 Å². The topological polar surface area (TPSA) is 51.7 Å². The van der Waals surface area contributed by atoms with Crippen LogP contribution in [0.3, 0.4) is 0 Å². The number of rotatable bonds is 7. The van der Waals surface area contributed by atoms with Crippen LogP contribution in [0, 0.1) is 0 Å². The van der Waals surface area contributed by atoms with Crippen LogP contribution in [0.5, 0.6) is 5.75 Å². The van der Waals surface area contributed by atoms with Crippen LogP contribution in [0.2, 0.25) is 0 Å². The lowest BCUT2D eigenvalue weighted by atomic mass is 10.1. The van der Waals surface area contributed by atoms with Crippen molar-refractivity contribution in [2.45, 2.75) is 27.2 Å². The average Bonchev–Trinajstić information content (AvgIpc) is 2.58. The van der Waals surface area contributed by atoms with Crippen LogP contribution in [0.4, 0.5) is 5.69 Å². The van der Waals surface area contributed by atoms with Gasteiger partial charge in [0.15, 0.2) is 0 Å². The molecule has 0 saturated heterocycles. The number of nitrogens with zero attached hydrogens (tertiary/aromatic N) is 2. The number of para-hydroxylation sites is 1. The van der Waals surface area contributed by atoms with E-state index in [4.69, 9.17) is 9.47 Å². The van der Waals surface area contributed by atoms with Crippen LogP contribution >= 0.6 is 0 Å². The molecule has 0 unspecified atom stereocenters. The summed E-state index contributed by atoms with van der Waals surface area (Å²) in [5.74, 6) is 0.362. The second kappa shape index (κ2) is 7.81. The number of hydrogen-bond acceptors (Lipinski definition) is 5. The van der Waals surface area contributed by atoms with E-state index >= 15 is 0 Å². The van der Waals surface area contributed by atoms with Gasteiger partial charge < -0.3 is 14.4 Å². The Morgan fingerprint density at radius 3 is 2.65 bits per heavy atom. The second-order valence-electron chi connectivity index (χ2n) is 5.18. The summed E-state index contributed by atoms with van der Waals surface area (Å²) in [7, 11) is 1.62. The molecule has 124 valence electrons. The molecule has 23 heavy (non-hydrogen) atoms. The maximum Gasteiger partial charge on any atom is 0.341 e. The first-order valence-corrected chi connectivity index (χ1v) is 8.05. The summed E-state index contributed by atoms with van der Waals surface area (Å²) in [4.78, 5) is 19.0. The third-order valence-electron chi connectivity index (χ3n) is 3.74. The highest BCUT2D eigenvalue weighted by Crippen LogP contribution is 2.34. The number of anilines is 1.